The van der Waals surface area contributed by atoms with E-state index in [1.165, 1.54) is 0 Å². The third-order valence-electron chi connectivity index (χ3n) is 3.04. The number of nitrogens with one attached hydrogen (secondary N) is 1. The molecule has 1 amide bonds. The summed E-state index contributed by atoms with van der Waals surface area (Å²) in [4.78, 5) is 22.1. The SMILES string of the molecule is CCC(C)(C)C(=O)NCCCC[C@H](N)C(=O)O. The molecule has 0 aromatic heterocycles. The maximum absolute atomic E-state index is 11.7. The van der Waals surface area contributed by atoms with Crippen LogP contribution >= 0.6 is 0 Å². The van der Waals surface area contributed by atoms with Gasteiger partial charge in [0, 0.05) is 12.0 Å². The molecule has 0 spiro atoms. The first-order chi connectivity index (χ1) is 7.81. The average Bonchev–Trinajstić information content (AvgIpc) is 2.27. The Balaban J connectivity index is 3.66. The fourth-order valence-electron chi connectivity index (χ4n) is 1.21. The molecule has 0 bridgehead atoms. The van der Waals surface area contributed by atoms with E-state index in [-0.39, 0.29) is 11.3 Å². The number of carboxylic acids is 1. The van der Waals surface area contributed by atoms with E-state index in [0.29, 0.717) is 19.4 Å². The summed E-state index contributed by atoms with van der Waals surface area (Å²) in [5.41, 5.74) is 5.03. The van der Waals surface area contributed by atoms with Gasteiger partial charge in [-0.3, -0.25) is 9.59 Å². The van der Waals surface area contributed by atoms with Gasteiger partial charge in [0.25, 0.3) is 0 Å². The van der Waals surface area contributed by atoms with E-state index in [0.717, 1.165) is 12.8 Å². The van der Waals surface area contributed by atoms with Crippen molar-refractivity contribution in [3.63, 3.8) is 0 Å². The number of aliphatic carboxylic acids is 1. The number of hydrogen-bond acceptors (Lipinski definition) is 3. The molecule has 17 heavy (non-hydrogen) atoms. The summed E-state index contributed by atoms with van der Waals surface area (Å²) in [6.45, 7) is 6.37. The van der Waals surface area contributed by atoms with Crippen molar-refractivity contribution >= 4 is 11.9 Å². The first-order valence-corrected chi connectivity index (χ1v) is 6.08. The Hall–Kier alpha value is -1.10. The van der Waals surface area contributed by atoms with Crippen molar-refractivity contribution in [2.45, 2.75) is 52.5 Å². The molecule has 0 saturated heterocycles. The molecule has 0 aliphatic heterocycles. The van der Waals surface area contributed by atoms with Crippen molar-refractivity contribution < 1.29 is 14.7 Å². The molecule has 0 radical (unpaired) electrons. The van der Waals surface area contributed by atoms with Crippen molar-refractivity contribution in [1.29, 1.82) is 0 Å². The number of carbonyl (C=O) groups is 2. The minimum atomic E-state index is -0.971. The van der Waals surface area contributed by atoms with E-state index in [1.54, 1.807) is 0 Å². The molecule has 0 heterocycles. The summed E-state index contributed by atoms with van der Waals surface area (Å²) in [5.74, 6) is -0.927. The lowest BCUT2D eigenvalue weighted by atomic mass is 9.89. The monoisotopic (exact) mass is 244 g/mol. The van der Waals surface area contributed by atoms with Gasteiger partial charge in [0.05, 0.1) is 0 Å². The van der Waals surface area contributed by atoms with Crippen LogP contribution in [0.2, 0.25) is 0 Å². The van der Waals surface area contributed by atoms with Gasteiger partial charge in [-0.15, -0.1) is 0 Å². The van der Waals surface area contributed by atoms with Gasteiger partial charge >= 0.3 is 5.97 Å². The minimum absolute atomic E-state index is 0.0440. The van der Waals surface area contributed by atoms with E-state index in [9.17, 15) is 9.59 Å². The summed E-state index contributed by atoms with van der Waals surface area (Å²) in [6.07, 6.45) is 2.71. The molecule has 0 aliphatic carbocycles. The number of amides is 1. The lowest BCUT2D eigenvalue weighted by molar-refractivity contribution is -0.138. The van der Waals surface area contributed by atoms with E-state index >= 15 is 0 Å². The largest absolute Gasteiger partial charge is 0.480 e. The second-order valence-electron chi connectivity index (χ2n) is 4.93. The maximum Gasteiger partial charge on any atom is 0.320 e. The molecule has 1 atom stereocenters. The quantitative estimate of drug-likeness (QED) is 0.558. The van der Waals surface area contributed by atoms with E-state index in [4.69, 9.17) is 10.8 Å². The van der Waals surface area contributed by atoms with Gasteiger partial charge in [-0.25, -0.2) is 0 Å². The lowest BCUT2D eigenvalue weighted by Gasteiger charge is -2.21. The zero-order chi connectivity index (χ0) is 13.5. The number of rotatable bonds is 8. The molecule has 5 heteroatoms. The van der Waals surface area contributed by atoms with Gasteiger partial charge in [-0.05, 0) is 25.7 Å². The topological polar surface area (TPSA) is 92.4 Å². The van der Waals surface area contributed by atoms with Gasteiger partial charge in [0.2, 0.25) is 5.91 Å². The van der Waals surface area contributed by atoms with Gasteiger partial charge < -0.3 is 16.2 Å². The Labute approximate surface area is 103 Å². The van der Waals surface area contributed by atoms with Crippen LogP contribution in [0.15, 0.2) is 0 Å². The van der Waals surface area contributed by atoms with E-state index < -0.39 is 12.0 Å². The van der Waals surface area contributed by atoms with E-state index in [2.05, 4.69) is 5.32 Å². The number of hydrogen-bond donors (Lipinski definition) is 3. The van der Waals surface area contributed by atoms with Crippen LogP contribution in [0.25, 0.3) is 0 Å². The average molecular weight is 244 g/mol. The Morgan fingerprint density at radius 1 is 1.35 bits per heavy atom. The van der Waals surface area contributed by atoms with Crippen LogP contribution in [-0.2, 0) is 9.59 Å². The summed E-state index contributed by atoms with van der Waals surface area (Å²) < 4.78 is 0. The van der Waals surface area contributed by atoms with Crippen molar-refractivity contribution in [2.75, 3.05) is 6.54 Å². The van der Waals surface area contributed by atoms with Crippen LogP contribution in [0.4, 0.5) is 0 Å². The van der Waals surface area contributed by atoms with Crippen LogP contribution < -0.4 is 11.1 Å². The summed E-state index contributed by atoms with van der Waals surface area (Å²) in [6, 6.07) is -0.794. The highest BCUT2D eigenvalue weighted by Crippen LogP contribution is 2.19. The number of carboxylic acid groups (broad SMARTS) is 1. The van der Waals surface area contributed by atoms with Crippen molar-refractivity contribution in [1.82, 2.24) is 5.32 Å². The Morgan fingerprint density at radius 3 is 2.41 bits per heavy atom. The molecule has 5 nitrogen and oxygen atoms in total. The molecular weight excluding hydrogens is 220 g/mol. The molecule has 0 aromatic rings. The van der Waals surface area contributed by atoms with Crippen molar-refractivity contribution in [2.24, 2.45) is 11.1 Å². The third-order valence-corrected chi connectivity index (χ3v) is 3.04. The highest BCUT2D eigenvalue weighted by Gasteiger charge is 2.24. The lowest BCUT2D eigenvalue weighted by Crippen LogP contribution is -2.37. The maximum atomic E-state index is 11.7. The predicted octanol–water partition coefficient (Wildman–Crippen LogP) is 1.12. The molecule has 0 aromatic carbocycles. The van der Waals surface area contributed by atoms with Crippen LogP contribution in [0, 0.1) is 5.41 Å². The zero-order valence-corrected chi connectivity index (χ0v) is 11.0. The summed E-state index contributed by atoms with van der Waals surface area (Å²) >= 11 is 0. The highest BCUT2D eigenvalue weighted by atomic mass is 16.4. The predicted molar refractivity (Wildman–Crippen MR) is 66.5 cm³/mol. The Kier molecular flexibility index (Phi) is 6.80. The van der Waals surface area contributed by atoms with E-state index in [1.807, 2.05) is 20.8 Å². The second-order valence-corrected chi connectivity index (χ2v) is 4.93. The normalized spacial score (nSPS) is 13.2. The fourth-order valence-corrected chi connectivity index (χ4v) is 1.21. The standard InChI is InChI=1S/C12H24N2O3/c1-4-12(2,3)11(17)14-8-6-5-7-9(13)10(15)16/h9H,4-8,13H2,1-3H3,(H,14,17)(H,15,16)/t9-/m0/s1. The minimum Gasteiger partial charge on any atom is -0.480 e. The first-order valence-electron chi connectivity index (χ1n) is 6.08. The zero-order valence-electron chi connectivity index (χ0n) is 11.0. The van der Waals surface area contributed by atoms with Crippen molar-refractivity contribution in [3.8, 4) is 0 Å². The summed E-state index contributed by atoms with van der Waals surface area (Å²) in [7, 11) is 0. The second kappa shape index (κ2) is 7.27. The number of unbranched alkanes of at least 4 members (excludes halogenated alkanes) is 1. The molecule has 0 unspecified atom stereocenters. The molecule has 0 fully saturated rings. The molecule has 100 valence electrons. The van der Waals surface area contributed by atoms with Crippen LogP contribution in [0.3, 0.4) is 0 Å². The van der Waals surface area contributed by atoms with Crippen LogP contribution in [-0.4, -0.2) is 29.6 Å². The van der Waals surface area contributed by atoms with Gasteiger partial charge in [0.1, 0.15) is 6.04 Å². The molecule has 0 aliphatic rings. The summed E-state index contributed by atoms with van der Waals surface area (Å²) in [5, 5.41) is 11.4. The van der Waals surface area contributed by atoms with Crippen LogP contribution in [0.5, 0.6) is 0 Å². The van der Waals surface area contributed by atoms with Crippen molar-refractivity contribution in [3.05, 3.63) is 0 Å². The first kappa shape index (κ1) is 15.9. The molecule has 0 rings (SSSR count). The molecule has 0 saturated carbocycles. The van der Waals surface area contributed by atoms with Gasteiger partial charge in [0.15, 0.2) is 0 Å². The Bertz CT molecular complexity index is 264. The molecule has 4 N–H and O–H groups in total. The number of nitrogens with two attached hydrogens (primary N) is 1. The van der Waals surface area contributed by atoms with Gasteiger partial charge in [-0.1, -0.05) is 20.8 Å². The Morgan fingerprint density at radius 2 is 1.94 bits per heavy atom. The molecular formula is C12H24N2O3. The number of carbonyl (C=O) groups excluding carboxylic acids is 1. The van der Waals surface area contributed by atoms with Gasteiger partial charge in [-0.2, -0.15) is 0 Å². The van der Waals surface area contributed by atoms with Crippen LogP contribution in [0.1, 0.15) is 46.5 Å². The highest BCUT2D eigenvalue weighted by molar-refractivity contribution is 5.81. The smallest absolute Gasteiger partial charge is 0.320 e. The fraction of sp³-hybridized carbons (Fsp3) is 0.833. The third kappa shape index (κ3) is 6.26.